The second kappa shape index (κ2) is 11.6. The Morgan fingerprint density at radius 3 is 2.36 bits per heavy atom. The second-order valence-corrected chi connectivity index (χ2v) is 8.41. The SMILES string of the molecule is O=C(Cc1ccc(OCc2ccccc2)cc1)c1ccc(OC2CCN(CCCF)C2)cc1. The maximum absolute atomic E-state index is 12.7. The standard InChI is InChI=1S/C28H30FNO3/c29-16-4-17-30-18-15-27(20-30)33-26-13-9-24(10-14-26)28(31)19-22-7-11-25(12-8-22)32-21-23-5-2-1-3-6-23/h1-3,5-14,27H,4,15-21H2. The predicted octanol–water partition coefficient (Wildman–Crippen LogP) is 5.50. The minimum atomic E-state index is -0.274. The van der Waals surface area contributed by atoms with Gasteiger partial charge in [0.25, 0.3) is 0 Å². The average Bonchev–Trinajstić information content (AvgIpc) is 3.30. The number of rotatable bonds is 11. The molecule has 33 heavy (non-hydrogen) atoms. The van der Waals surface area contributed by atoms with Gasteiger partial charge < -0.3 is 9.47 Å². The van der Waals surface area contributed by atoms with Crippen molar-refractivity contribution in [1.82, 2.24) is 4.90 Å². The second-order valence-electron chi connectivity index (χ2n) is 8.41. The van der Waals surface area contributed by atoms with Gasteiger partial charge in [-0.15, -0.1) is 0 Å². The number of carbonyl (C=O) groups is 1. The van der Waals surface area contributed by atoms with Crippen LogP contribution in [0.5, 0.6) is 11.5 Å². The van der Waals surface area contributed by atoms with Crippen molar-refractivity contribution in [2.45, 2.75) is 32.0 Å². The summed E-state index contributed by atoms with van der Waals surface area (Å²) in [5.41, 5.74) is 2.74. The maximum Gasteiger partial charge on any atom is 0.167 e. The zero-order chi connectivity index (χ0) is 22.9. The molecule has 0 saturated carbocycles. The number of ether oxygens (including phenoxy) is 2. The Bertz CT molecular complexity index is 1010. The van der Waals surface area contributed by atoms with Crippen LogP contribution in [0.25, 0.3) is 0 Å². The van der Waals surface area contributed by atoms with E-state index >= 15 is 0 Å². The highest BCUT2D eigenvalue weighted by Gasteiger charge is 2.23. The van der Waals surface area contributed by atoms with E-state index in [4.69, 9.17) is 9.47 Å². The van der Waals surface area contributed by atoms with Crippen LogP contribution >= 0.6 is 0 Å². The topological polar surface area (TPSA) is 38.8 Å². The third kappa shape index (κ3) is 6.90. The van der Waals surface area contributed by atoms with Gasteiger partial charge in [-0.1, -0.05) is 42.5 Å². The van der Waals surface area contributed by atoms with Crippen LogP contribution in [0.4, 0.5) is 4.39 Å². The molecule has 0 radical (unpaired) electrons. The van der Waals surface area contributed by atoms with Gasteiger partial charge in [-0.25, -0.2) is 0 Å². The molecule has 0 N–H and O–H groups in total. The van der Waals surface area contributed by atoms with Crippen LogP contribution in [0, 0.1) is 0 Å². The molecule has 1 saturated heterocycles. The molecule has 1 fully saturated rings. The number of nitrogens with zero attached hydrogens (tertiary/aromatic N) is 1. The fraction of sp³-hybridized carbons (Fsp3) is 0.321. The molecule has 0 aromatic heterocycles. The molecule has 172 valence electrons. The lowest BCUT2D eigenvalue weighted by atomic mass is 10.0. The van der Waals surface area contributed by atoms with Crippen molar-refractivity contribution in [2.24, 2.45) is 0 Å². The van der Waals surface area contributed by atoms with Crippen molar-refractivity contribution < 1.29 is 18.7 Å². The molecule has 3 aromatic rings. The molecule has 1 aliphatic heterocycles. The van der Waals surface area contributed by atoms with E-state index in [1.807, 2.05) is 78.9 Å². The summed E-state index contributed by atoms with van der Waals surface area (Å²) in [6.07, 6.45) is 1.98. The van der Waals surface area contributed by atoms with Gasteiger partial charge in [-0.2, -0.15) is 0 Å². The molecule has 0 bridgehead atoms. The molecule has 0 spiro atoms. The third-order valence-electron chi connectivity index (χ3n) is 5.85. The van der Waals surface area contributed by atoms with E-state index in [1.165, 1.54) is 0 Å². The van der Waals surface area contributed by atoms with E-state index < -0.39 is 0 Å². The van der Waals surface area contributed by atoms with E-state index in [0.717, 1.165) is 48.7 Å². The number of carbonyl (C=O) groups excluding carboxylic acids is 1. The van der Waals surface area contributed by atoms with E-state index in [9.17, 15) is 9.18 Å². The first-order valence-corrected chi connectivity index (χ1v) is 11.5. The van der Waals surface area contributed by atoms with Crippen LogP contribution in [0.3, 0.4) is 0 Å². The van der Waals surface area contributed by atoms with E-state index in [1.54, 1.807) is 0 Å². The van der Waals surface area contributed by atoms with Crippen LogP contribution in [0.2, 0.25) is 0 Å². The van der Waals surface area contributed by atoms with Crippen LogP contribution in [-0.2, 0) is 13.0 Å². The normalized spacial score (nSPS) is 16.0. The largest absolute Gasteiger partial charge is 0.489 e. The molecule has 3 aromatic carbocycles. The number of Topliss-reactive ketones (excluding diaryl/α,β-unsaturated/α-hetero) is 1. The molecule has 5 heteroatoms. The number of halogens is 1. The minimum absolute atomic E-state index is 0.0674. The smallest absolute Gasteiger partial charge is 0.167 e. The van der Waals surface area contributed by atoms with Crippen molar-refractivity contribution in [3.63, 3.8) is 0 Å². The fourth-order valence-corrected chi connectivity index (χ4v) is 4.02. The van der Waals surface area contributed by atoms with Crippen molar-refractivity contribution in [3.05, 3.63) is 95.6 Å². The lowest BCUT2D eigenvalue weighted by Crippen LogP contribution is -2.26. The summed E-state index contributed by atoms with van der Waals surface area (Å²) in [7, 11) is 0. The third-order valence-corrected chi connectivity index (χ3v) is 5.85. The van der Waals surface area contributed by atoms with Gasteiger partial charge in [0.2, 0.25) is 0 Å². The first-order chi connectivity index (χ1) is 16.2. The predicted molar refractivity (Wildman–Crippen MR) is 128 cm³/mol. The van der Waals surface area contributed by atoms with Crippen molar-refractivity contribution in [2.75, 3.05) is 26.3 Å². The van der Waals surface area contributed by atoms with E-state index in [0.29, 0.717) is 25.0 Å². The molecule has 1 heterocycles. The number of alkyl halides is 1. The van der Waals surface area contributed by atoms with Gasteiger partial charge in [0.05, 0.1) is 6.67 Å². The quantitative estimate of drug-likeness (QED) is 0.364. The Morgan fingerprint density at radius 2 is 1.64 bits per heavy atom. The number of hydrogen-bond donors (Lipinski definition) is 0. The van der Waals surface area contributed by atoms with E-state index in [2.05, 4.69) is 4.90 Å². The Hall–Kier alpha value is -3.18. The molecule has 1 aliphatic rings. The van der Waals surface area contributed by atoms with Gasteiger partial charge in [-0.3, -0.25) is 14.1 Å². The molecule has 1 unspecified atom stereocenters. The maximum atomic E-state index is 12.7. The van der Waals surface area contributed by atoms with Crippen molar-refractivity contribution in [1.29, 1.82) is 0 Å². The average molecular weight is 448 g/mol. The Balaban J connectivity index is 1.24. The molecule has 4 rings (SSSR count). The Morgan fingerprint density at radius 1 is 0.909 bits per heavy atom. The van der Waals surface area contributed by atoms with Crippen LogP contribution in [0.1, 0.15) is 34.3 Å². The summed E-state index contributed by atoms with van der Waals surface area (Å²) in [6.45, 7) is 2.79. The van der Waals surface area contributed by atoms with E-state index in [-0.39, 0.29) is 18.6 Å². The number of benzene rings is 3. The molecule has 1 atom stereocenters. The minimum Gasteiger partial charge on any atom is -0.489 e. The first kappa shape index (κ1) is 23.0. The van der Waals surface area contributed by atoms with Crippen LogP contribution in [0.15, 0.2) is 78.9 Å². The molecule has 0 aliphatic carbocycles. The zero-order valence-electron chi connectivity index (χ0n) is 18.8. The van der Waals surface area contributed by atoms with Gasteiger partial charge in [0.15, 0.2) is 5.78 Å². The first-order valence-electron chi connectivity index (χ1n) is 11.5. The van der Waals surface area contributed by atoms with Crippen LogP contribution in [-0.4, -0.2) is 43.1 Å². The molecule has 4 nitrogen and oxygen atoms in total. The summed E-state index contributed by atoms with van der Waals surface area (Å²) in [5.74, 6) is 1.62. The van der Waals surface area contributed by atoms with Crippen molar-refractivity contribution in [3.8, 4) is 11.5 Å². The Kier molecular flexibility index (Phi) is 8.09. The molecular weight excluding hydrogens is 417 g/mol. The highest BCUT2D eigenvalue weighted by atomic mass is 19.1. The summed E-state index contributed by atoms with van der Waals surface area (Å²) < 4.78 is 24.2. The summed E-state index contributed by atoms with van der Waals surface area (Å²) in [6, 6.07) is 25.1. The summed E-state index contributed by atoms with van der Waals surface area (Å²) in [4.78, 5) is 14.9. The lowest BCUT2D eigenvalue weighted by molar-refractivity contribution is 0.0993. The summed E-state index contributed by atoms with van der Waals surface area (Å²) >= 11 is 0. The molecular formula is C28H30FNO3. The number of hydrogen-bond acceptors (Lipinski definition) is 4. The van der Waals surface area contributed by atoms with Gasteiger partial charge in [-0.05, 0) is 60.4 Å². The zero-order valence-corrected chi connectivity index (χ0v) is 18.8. The van der Waals surface area contributed by atoms with Gasteiger partial charge in [0.1, 0.15) is 24.2 Å². The van der Waals surface area contributed by atoms with Crippen molar-refractivity contribution >= 4 is 5.78 Å². The highest BCUT2D eigenvalue weighted by Crippen LogP contribution is 2.21. The highest BCUT2D eigenvalue weighted by molar-refractivity contribution is 5.97. The number of likely N-dealkylation sites (tertiary alicyclic amines) is 1. The summed E-state index contributed by atoms with van der Waals surface area (Å²) in [5, 5.41) is 0. The Labute approximate surface area is 195 Å². The van der Waals surface area contributed by atoms with Gasteiger partial charge >= 0.3 is 0 Å². The van der Waals surface area contributed by atoms with Crippen LogP contribution < -0.4 is 9.47 Å². The van der Waals surface area contributed by atoms with Gasteiger partial charge in [0, 0.05) is 31.6 Å². The number of ketones is 1. The monoisotopic (exact) mass is 447 g/mol. The molecule has 0 amide bonds. The fourth-order valence-electron chi connectivity index (χ4n) is 4.02. The lowest BCUT2D eigenvalue weighted by Gasteiger charge is -2.16.